The Kier molecular flexibility index (Phi) is 3.42. The average Bonchev–Trinajstić information content (AvgIpc) is 2.82. The molecule has 1 aromatic heterocycles. The number of fused-ring (bicyclic) bond motifs is 1. The van der Waals surface area contributed by atoms with Crippen LogP contribution in [0.25, 0.3) is 11.0 Å². The highest BCUT2D eigenvalue weighted by molar-refractivity contribution is 6.38. The first-order valence-corrected chi connectivity index (χ1v) is 6.70. The van der Waals surface area contributed by atoms with Crippen LogP contribution < -0.4 is 5.73 Å². The van der Waals surface area contributed by atoms with Crippen molar-refractivity contribution in [3.8, 4) is 0 Å². The van der Waals surface area contributed by atoms with E-state index in [1.54, 1.807) is 36.4 Å². The molecule has 0 aliphatic carbocycles. The van der Waals surface area contributed by atoms with Crippen LogP contribution in [0.2, 0.25) is 10.0 Å². The Balaban J connectivity index is 2.11. The summed E-state index contributed by atoms with van der Waals surface area (Å²) in [6, 6.07) is 10.7. The van der Waals surface area contributed by atoms with E-state index < -0.39 is 6.04 Å². The second-order valence-corrected chi connectivity index (χ2v) is 5.30. The number of hydrogen-bond donors (Lipinski definition) is 1. The molecule has 1 heterocycles. The quantitative estimate of drug-likeness (QED) is 0.729. The van der Waals surface area contributed by atoms with Crippen molar-refractivity contribution in [2.75, 3.05) is 0 Å². The van der Waals surface area contributed by atoms with Gasteiger partial charge in [-0.25, -0.2) is 4.39 Å². The topological polar surface area (TPSA) is 39.2 Å². The van der Waals surface area contributed by atoms with Gasteiger partial charge in [-0.2, -0.15) is 0 Å². The molecule has 2 nitrogen and oxygen atoms in total. The van der Waals surface area contributed by atoms with Crippen molar-refractivity contribution in [2.24, 2.45) is 5.73 Å². The van der Waals surface area contributed by atoms with E-state index in [0.717, 1.165) is 5.39 Å². The predicted octanol–water partition coefficient (Wildman–Crippen LogP) is 4.93. The first-order chi connectivity index (χ1) is 9.56. The summed E-state index contributed by atoms with van der Waals surface area (Å²) in [5, 5.41) is 1.65. The number of halogens is 3. The van der Waals surface area contributed by atoms with E-state index in [1.807, 2.05) is 0 Å². The molecular formula is C15H10Cl2FNO. The first-order valence-electron chi connectivity index (χ1n) is 5.95. The Bertz CT molecular complexity index is 785. The van der Waals surface area contributed by atoms with Crippen molar-refractivity contribution in [3.63, 3.8) is 0 Å². The molecule has 0 saturated heterocycles. The van der Waals surface area contributed by atoms with Gasteiger partial charge in [-0.3, -0.25) is 0 Å². The lowest BCUT2D eigenvalue weighted by Crippen LogP contribution is -2.12. The van der Waals surface area contributed by atoms with Crippen molar-refractivity contribution < 1.29 is 8.81 Å². The fourth-order valence-corrected chi connectivity index (χ4v) is 2.68. The minimum atomic E-state index is -0.696. The summed E-state index contributed by atoms with van der Waals surface area (Å²) >= 11 is 12.0. The molecule has 1 atom stereocenters. The van der Waals surface area contributed by atoms with Crippen LogP contribution in [0.1, 0.15) is 17.4 Å². The standard InChI is InChI=1S/C15H10Cl2FNO/c16-9-5-8-6-13(20-15(8)11(17)7-9)14(19)10-3-1-2-4-12(10)18/h1-7,14H,19H2. The number of hydrogen-bond acceptors (Lipinski definition) is 2. The van der Waals surface area contributed by atoms with Gasteiger partial charge in [0.2, 0.25) is 0 Å². The maximum Gasteiger partial charge on any atom is 0.153 e. The molecule has 0 radical (unpaired) electrons. The molecule has 1 unspecified atom stereocenters. The van der Waals surface area contributed by atoms with Crippen LogP contribution in [0.3, 0.4) is 0 Å². The van der Waals surface area contributed by atoms with E-state index in [2.05, 4.69) is 0 Å². The normalized spacial score (nSPS) is 12.8. The monoisotopic (exact) mass is 309 g/mol. The van der Waals surface area contributed by atoms with Crippen LogP contribution in [0, 0.1) is 5.82 Å². The minimum Gasteiger partial charge on any atom is -0.457 e. The van der Waals surface area contributed by atoms with Gasteiger partial charge in [-0.1, -0.05) is 41.4 Å². The second kappa shape index (κ2) is 5.09. The lowest BCUT2D eigenvalue weighted by molar-refractivity contribution is 0.510. The van der Waals surface area contributed by atoms with E-state index in [4.69, 9.17) is 33.4 Å². The van der Waals surface area contributed by atoms with E-state index >= 15 is 0 Å². The molecule has 0 aliphatic heterocycles. The summed E-state index contributed by atoms with van der Waals surface area (Å²) in [7, 11) is 0. The maximum absolute atomic E-state index is 13.8. The first kappa shape index (κ1) is 13.4. The summed E-state index contributed by atoms with van der Waals surface area (Å²) in [4.78, 5) is 0. The van der Waals surface area contributed by atoms with Gasteiger partial charge in [0.1, 0.15) is 11.6 Å². The van der Waals surface area contributed by atoms with Gasteiger partial charge in [-0.15, -0.1) is 0 Å². The molecule has 0 fully saturated rings. The third kappa shape index (κ3) is 2.29. The summed E-state index contributed by atoms with van der Waals surface area (Å²) in [5.74, 6) is 0.0684. The molecule has 0 aliphatic rings. The molecule has 20 heavy (non-hydrogen) atoms. The van der Waals surface area contributed by atoms with Gasteiger partial charge in [0.15, 0.2) is 5.58 Å². The smallest absolute Gasteiger partial charge is 0.153 e. The fourth-order valence-electron chi connectivity index (χ4n) is 2.13. The Morgan fingerprint density at radius 1 is 1.10 bits per heavy atom. The molecule has 3 rings (SSSR count). The summed E-state index contributed by atoms with van der Waals surface area (Å²) in [5.41, 5.74) is 6.93. The SMILES string of the molecule is NC(c1cc2cc(Cl)cc(Cl)c2o1)c1ccccc1F. The lowest BCUT2D eigenvalue weighted by Gasteiger charge is -2.09. The molecule has 2 aromatic carbocycles. The van der Waals surface area contributed by atoms with Gasteiger partial charge in [0, 0.05) is 16.0 Å². The number of nitrogens with two attached hydrogens (primary N) is 1. The molecule has 0 bridgehead atoms. The lowest BCUT2D eigenvalue weighted by atomic mass is 10.0. The van der Waals surface area contributed by atoms with Gasteiger partial charge >= 0.3 is 0 Å². The minimum absolute atomic E-state index is 0.369. The van der Waals surface area contributed by atoms with Gasteiger partial charge in [0.25, 0.3) is 0 Å². The Hall–Kier alpha value is -1.55. The third-order valence-electron chi connectivity index (χ3n) is 3.10. The van der Waals surface area contributed by atoms with Crippen molar-refractivity contribution in [2.45, 2.75) is 6.04 Å². The zero-order valence-corrected chi connectivity index (χ0v) is 11.8. The zero-order chi connectivity index (χ0) is 14.3. The van der Waals surface area contributed by atoms with Gasteiger partial charge in [0.05, 0.1) is 11.1 Å². The van der Waals surface area contributed by atoms with Crippen LogP contribution in [0.5, 0.6) is 0 Å². The van der Waals surface area contributed by atoms with Crippen LogP contribution in [-0.4, -0.2) is 0 Å². The fraction of sp³-hybridized carbons (Fsp3) is 0.0667. The second-order valence-electron chi connectivity index (χ2n) is 4.45. The van der Waals surface area contributed by atoms with Crippen LogP contribution in [0.15, 0.2) is 46.9 Å². The number of benzene rings is 2. The van der Waals surface area contributed by atoms with Crippen molar-refractivity contribution >= 4 is 34.2 Å². The highest BCUT2D eigenvalue weighted by atomic mass is 35.5. The molecule has 0 spiro atoms. The molecule has 2 N–H and O–H groups in total. The number of rotatable bonds is 2. The number of furan rings is 1. The molecular weight excluding hydrogens is 300 g/mol. The highest BCUT2D eigenvalue weighted by Crippen LogP contribution is 2.33. The summed E-state index contributed by atoms with van der Waals surface area (Å²) in [6.45, 7) is 0. The molecule has 5 heteroatoms. The van der Waals surface area contributed by atoms with Crippen molar-refractivity contribution in [3.05, 3.63) is 69.7 Å². The molecule has 102 valence electrons. The summed E-state index contributed by atoms with van der Waals surface area (Å²) in [6.07, 6.45) is 0. The molecule has 3 aromatic rings. The van der Waals surface area contributed by atoms with E-state index in [9.17, 15) is 4.39 Å². The molecule has 0 saturated carbocycles. The Morgan fingerprint density at radius 3 is 2.60 bits per heavy atom. The van der Waals surface area contributed by atoms with Crippen LogP contribution in [-0.2, 0) is 0 Å². The Labute approximate surface area is 124 Å². The average molecular weight is 310 g/mol. The van der Waals surface area contributed by atoms with Crippen LogP contribution >= 0.6 is 23.2 Å². The largest absolute Gasteiger partial charge is 0.457 e. The molecule has 0 amide bonds. The van der Waals surface area contributed by atoms with Gasteiger partial charge in [-0.05, 0) is 24.3 Å². The van der Waals surface area contributed by atoms with E-state index in [-0.39, 0.29) is 5.82 Å². The van der Waals surface area contributed by atoms with Crippen molar-refractivity contribution in [1.29, 1.82) is 0 Å². The summed E-state index contributed by atoms with van der Waals surface area (Å²) < 4.78 is 19.4. The third-order valence-corrected chi connectivity index (χ3v) is 3.60. The van der Waals surface area contributed by atoms with Gasteiger partial charge < -0.3 is 10.2 Å². The van der Waals surface area contributed by atoms with E-state index in [1.165, 1.54) is 6.07 Å². The highest BCUT2D eigenvalue weighted by Gasteiger charge is 2.18. The maximum atomic E-state index is 13.8. The van der Waals surface area contributed by atoms with Crippen LogP contribution in [0.4, 0.5) is 4.39 Å². The predicted molar refractivity (Wildman–Crippen MR) is 78.7 cm³/mol. The van der Waals surface area contributed by atoms with E-state index in [0.29, 0.717) is 27.0 Å². The Morgan fingerprint density at radius 2 is 1.85 bits per heavy atom. The zero-order valence-electron chi connectivity index (χ0n) is 10.2. The van der Waals surface area contributed by atoms with Crippen molar-refractivity contribution in [1.82, 2.24) is 0 Å².